The number of benzene rings is 1. The Kier molecular flexibility index (Phi) is 6.50. The normalized spacial score (nSPS) is 18.6. The zero-order chi connectivity index (χ0) is 25.4. The van der Waals surface area contributed by atoms with Gasteiger partial charge in [0.2, 0.25) is 17.3 Å². The summed E-state index contributed by atoms with van der Waals surface area (Å²) in [6.07, 6.45) is 5.24. The third-order valence-electron chi connectivity index (χ3n) is 6.14. The zero-order valence-electron chi connectivity index (χ0n) is 18.9. The molecule has 176 valence electrons. The number of halogens is 1. The van der Waals surface area contributed by atoms with Crippen molar-refractivity contribution < 1.29 is 27.2 Å². The molecule has 1 aromatic carbocycles. The minimum absolute atomic E-state index is 0.0478. The van der Waals surface area contributed by atoms with E-state index in [9.17, 15) is 27.2 Å². The average molecular weight is 484 g/mol. The van der Waals surface area contributed by atoms with Crippen LogP contribution in [0, 0.1) is 44.0 Å². The Labute approximate surface area is 196 Å². The van der Waals surface area contributed by atoms with E-state index in [4.69, 9.17) is 13.0 Å². The second kappa shape index (κ2) is 8.88. The summed E-state index contributed by atoms with van der Waals surface area (Å²) in [5, 5.41) is 2.57. The van der Waals surface area contributed by atoms with Gasteiger partial charge < -0.3 is 9.88 Å². The molecule has 10 heteroatoms. The first-order valence-electron chi connectivity index (χ1n) is 10.2. The molecule has 3 rings (SSSR count). The van der Waals surface area contributed by atoms with Crippen LogP contribution in [0.3, 0.4) is 0 Å². The Balaban J connectivity index is 1.89. The molecule has 1 aromatic heterocycles. The predicted molar refractivity (Wildman–Crippen MR) is 124 cm³/mol. The molecular weight excluding hydrogens is 461 g/mol. The number of Topliss-reactive ketones (excluding diaryl/α,β-unsaturated/α-hetero) is 2. The van der Waals surface area contributed by atoms with Gasteiger partial charge in [0.05, 0.1) is 29.1 Å². The third kappa shape index (κ3) is 4.50. The number of nitrogens with one attached hydrogen (secondary N) is 1. The van der Waals surface area contributed by atoms with E-state index in [2.05, 4.69) is 16.1 Å². The molecule has 0 aliphatic carbocycles. The molecule has 0 spiro atoms. The highest BCUT2D eigenvalue weighted by atomic mass is 32.2. The number of carbonyl (C=O) groups excluding carboxylic acids is 3. The minimum atomic E-state index is -3.37. The first-order chi connectivity index (χ1) is 15.8. The highest BCUT2D eigenvalue weighted by molar-refractivity contribution is 7.91. The van der Waals surface area contributed by atoms with Crippen LogP contribution in [0.4, 0.5) is 15.8 Å². The highest BCUT2D eigenvalue weighted by Crippen LogP contribution is 2.36. The second-order valence-electron chi connectivity index (χ2n) is 8.42. The fraction of sp³-hybridized carbons (Fsp3) is 0.333. The van der Waals surface area contributed by atoms with Crippen LogP contribution in [0.2, 0.25) is 0 Å². The molecule has 1 aliphatic rings. The van der Waals surface area contributed by atoms with Gasteiger partial charge in [-0.1, -0.05) is 5.92 Å². The topological polar surface area (TPSA) is 107 Å². The fourth-order valence-electron chi connectivity index (χ4n) is 4.25. The van der Waals surface area contributed by atoms with Crippen molar-refractivity contribution in [2.24, 2.45) is 12.5 Å². The van der Waals surface area contributed by atoms with Gasteiger partial charge in [-0.2, -0.15) is 0 Å². The maximum absolute atomic E-state index is 13.6. The molecule has 2 heterocycles. The average Bonchev–Trinajstić information content (AvgIpc) is 3.20. The third-order valence-corrected chi connectivity index (χ3v) is 7.96. The number of hydrogen-bond donors (Lipinski definition) is 1. The van der Waals surface area contributed by atoms with E-state index in [1.165, 1.54) is 23.6 Å². The van der Waals surface area contributed by atoms with E-state index in [0.717, 1.165) is 6.07 Å². The maximum Gasteiger partial charge on any atom is 0.272 e. The molecule has 0 radical (unpaired) electrons. The molecule has 34 heavy (non-hydrogen) atoms. The summed E-state index contributed by atoms with van der Waals surface area (Å²) in [7, 11) is -1.82. The number of ketones is 2. The Bertz CT molecular complexity index is 1430. The van der Waals surface area contributed by atoms with Gasteiger partial charge in [0.1, 0.15) is 11.5 Å². The molecule has 8 nitrogen and oxygen atoms in total. The smallest absolute Gasteiger partial charge is 0.272 e. The van der Waals surface area contributed by atoms with Crippen molar-refractivity contribution in [2.45, 2.75) is 26.7 Å². The lowest BCUT2D eigenvalue weighted by molar-refractivity contribution is -0.116. The van der Waals surface area contributed by atoms with Crippen LogP contribution < -0.4 is 5.32 Å². The molecule has 0 unspecified atom stereocenters. The van der Waals surface area contributed by atoms with Crippen molar-refractivity contribution >= 4 is 38.7 Å². The Morgan fingerprint density at radius 2 is 2.00 bits per heavy atom. The van der Waals surface area contributed by atoms with Crippen LogP contribution in [-0.2, 0) is 21.7 Å². The van der Waals surface area contributed by atoms with Crippen molar-refractivity contribution in [1.82, 2.24) is 4.57 Å². The van der Waals surface area contributed by atoms with Gasteiger partial charge in [-0.3, -0.25) is 14.4 Å². The summed E-state index contributed by atoms with van der Waals surface area (Å²) in [6.45, 7) is 10.1. The Hall–Kier alpha value is -3.76. The molecular formula is C24H22FN3O5S. The SMILES string of the molecule is [C-]#[N+]c1cc(NC(=O)c2c(C)c(C(=O)C(=O)C[C@@]3(C#C)CCS(=O)(=O)C3)c(C)n2C)ccc1F. The summed E-state index contributed by atoms with van der Waals surface area (Å²) >= 11 is 0. The number of aromatic nitrogens is 1. The van der Waals surface area contributed by atoms with Crippen LogP contribution in [0.15, 0.2) is 18.2 Å². The molecule has 1 amide bonds. The number of anilines is 1. The van der Waals surface area contributed by atoms with Crippen molar-refractivity contribution in [3.63, 3.8) is 0 Å². The van der Waals surface area contributed by atoms with Crippen LogP contribution in [0.25, 0.3) is 4.85 Å². The molecule has 2 aromatic rings. The summed E-state index contributed by atoms with van der Waals surface area (Å²) in [6, 6.07) is 3.55. The van der Waals surface area contributed by atoms with Crippen molar-refractivity contribution in [3.05, 3.63) is 57.9 Å². The number of rotatable bonds is 6. The lowest BCUT2D eigenvalue weighted by atomic mass is 9.81. The quantitative estimate of drug-likeness (QED) is 0.294. The van der Waals surface area contributed by atoms with E-state index >= 15 is 0 Å². The minimum Gasteiger partial charge on any atom is -0.343 e. The summed E-state index contributed by atoms with van der Waals surface area (Å²) < 4.78 is 38.8. The standard InChI is InChI=1S/C24H22FN3O5S/c1-6-24(9-10-34(32,33)13-24)12-19(29)22(30)20-14(2)21(28(5)15(20)3)23(31)27-16-7-8-17(25)18(11-16)26-4/h1,7-8,11H,9-10,12-13H2,2-3,5H3,(H,27,31)/t24-/m1/s1. The van der Waals surface area contributed by atoms with E-state index in [-0.39, 0.29) is 46.1 Å². The van der Waals surface area contributed by atoms with E-state index in [1.54, 1.807) is 14.0 Å². The molecule has 1 saturated heterocycles. The predicted octanol–water partition coefficient (Wildman–Crippen LogP) is 3.16. The highest BCUT2D eigenvalue weighted by Gasteiger charge is 2.44. The molecule has 1 fully saturated rings. The van der Waals surface area contributed by atoms with Gasteiger partial charge in [-0.25, -0.2) is 17.7 Å². The lowest BCUT2D eigenvalue weighted by Gasteiger charge is -2.19. The van der Waals surface area contributed by atoms with Crippen LogP contribution >= 0.6 is 0 Å². The van der Waals surface area contributed by atoms with Gasteiger partial charge in [-0.15, -0.1) is 6.42 Å². The molecule has 1 atom stereocenters. The first kappa shape index (κ1) is 24.9. The van der Waals surface area contributed by atoms with Crippen molar-refractivity contribution in [3.8, 4) is 12.3 Å². The van der Waals surface area contributed by atoms with E-state index < -0.39 is 45.0 Å². The zero-order valence-corrected chi connectivity index (χ0v) is 19.7. The van der Waals surface area contributed by atoms with E-state index in [0.29, 0.717) is 5.69 Å². The van der Waals surface area contributed by atoms with Crippen LogP contribution in [-0.4, -0.2) is 42.0 Å². The summed E-state index contributed by atoms with van der Waals surface area (Å²) in [5.74, 6) is -1.07. The number of hydrogen-bond acceptors (Lipinski definition) is 5. The number of sulfone groups is 1. The molecule has 1 N–H and O–H groups in total. The lowest BCUT2D eigenvalue weighted by Crippen LogP contribution is -2.28. The van der Waals surface area contributed by atoms with Gasteiger partial charge >= 0.3 is 0 Å². The number of terminal acetylenes is 1. The molecule has 0 bridgehead atoms. The number of carbonyl (C=O) groups is 3. The second-order valence-corrected chi connectivity index (χ2v) is 10.6. The monoisotopic (exact) mass is 483 g/mol. The number of amides is 1. The summed E-state index contributed by atoms with van der Waals surface area (Å²) in [4.78, 5) is 41.9. The maximum atomic E-state index is 13.6. The Morgan fingerprint density at radius 1 is 1.32 bits per heavy atom. The van der Waals surface area contributed by atoms with Gasteiger partial charge in [-0.05, 0) is 44.0 Å². The molecule has 0 saturated carbocycles. The van der Waals surface area contributed by atoms with Crippen LogP contribution in [0.5, 0.6) is 0 Å². The van der Waals surface area contributed by atoms with Gasteiger partial charge in [0, 0.05) is 24.8 Å². The first-order valence-corrected chi connectivity index (χ1v) is 12.1. The summed E-state index contributed by atoms with van der Waals surface area (Å²) in [5.41, 5.74) is -0.489. The van der Waals surface area contributed by atoms with E-state index in [1.807, 2.05) is 0 Å². The molecule has 1 aliphatic heterocycles. The van der Waals surface area contributed by atoms with Gasteiger partial charge in [0.15, 0.2) is 9.84 Å². The van der Waals surface area contributed by atoms with Crippen molar-refractivity contribution in [2.75, 3.05) is 16.8 Å². The van der Waals surface area contributed by atoms with Gasteiger partial charge in [0.25, 0.3) is 5.91 Å². The largest absolute Gasteiger partial charge is 0.343 e. The number of nitrogens with zero attached hydrogens (tertiary/aromatic N) is 2. The Morgan fingerprint density at radius 3 is 2.56 bits per heavy atom. The van der Waals surface area contributed by atoms with Crippen LogP contribution in [0.1, 0.15) is 44.9 Å². The fourth-order valence-corrected chi connectivity index (χ4v) is 6.27. The van der Waals surface area contributed by atoms with Crippen molar-refractivity contribution in [1.29, 1.82) is 0 Å².